The van der Waals surface area contributed by atoms with Gasteiger partial charge in [-0.05, 0) is 111 Å². The molecule has 8 atom stereocenters. The van der Waals surface area contributed by atoms with Gasteiger partial charge in [0.1, 0.15) is 38.5 Å². The molecule has 2 fully saturated rings. The van der Waals surface area contributed by atoms with E-state index >= 15 is 0 Å². The Morgan fingerprint density at radius 1 is 0.629 bits per heavy atom. The number of carbonyl (C=O) groups is 4. The summed E-state index contributed by atoms with van der Waals surface area (Å²) in [6, 6.07) is 16.1. The Morgan fingerprint density at radius 2 is 1.03 bits per heavy atom. The Balaban J connectivity index is 1.03. The molecule has 0 radical (unpaired) electrons. The SMILES string of the molecule is CNC(C)C(=O)NC(C(=O)N1CCCC1Cn1nnnc1OCc1ccccc1)C(C)OCC#CC#CCOC(C)C(NC(=O)C(C)NC)C(=O)N1CCCC1Cn1nnnc1OCc1ccccc1. The van der Waals surface area contributed by atoms with Crippen molar-refractivity contribution >= 4 is 23.6 Å². The maximum Gasteiger partial charge on any atom is 0.335 e. The monoisotopic (exact) mass is 965 g/mol. The van der Waals surface area contributed by atoms with Crippen LogP contribution in [0.25, 0.3) is 0 Å². The Hall–Kier alpha value is -6.98. The third-order valence-electron chi connectivity index (χ3n) is 12.3. The van der Waals surface area contributed by atoms with Crippen LogP contribution in [0.1, 0.15) is 64.5 Å². The summed E-state index contributed by atoms with van der Waals surface area (Å²) in [4.78, 5) is 58.2. The smallest absolute Gasteiger partial charge is 0.335 e. The first-order chi connectivity index (χ1) is 34.0. The molecule has 2 aliphatic heterocycles. The summed E-state index contributed by atoms with van der Waals surface area (Å²) < 4.78 is 26.9. The first-order valence-corrected chi connectivity index (χ1v) is 23.6. The van der Waals surface area contributed by atoms with Gasteiger partial charge in [0.2, 0.25) is 23.6 Å². The third kappa shape index (κ3) is 14.8. The van der Waals surface area contributed by atoms with E-state index in [1.54, 1.807) is 61.0 Å². The summed E-state index contributed by atoms with van der Waals surface area (Å²) in [5.74, 6) is 9.85. The number of tetrazole rings is 2. The predicted octanol–water partition coefficient (Wildman–Crippen LogP) is 0.502. The molecule has 0 spiro atoms. The fourth-order valence-electron chi connectivity index (χ4n) is 7.94. The van der Waals surface area contributed by atoms with Crippen molar-refractivity contribution in [2.45, 2.75) is 128 Å². The van der Waals surface area contributed by atoms with Crippen LogP contribution in [0.5, 0.6) is 12.0 Å². The molecule has 2 aromatic carbocycles. The molecule has 374 valence electrons. The van der Waals surface area contributed by atoms with E-state index in [-0.39, 0.29) is 74.2 Å². The number of nitrogens with zero attached hydrogens (tertiary/aromatic N) is 10. The van der Waals surface area contributed by atoms with Gasteiger partial charge in [0, 0.05) is 13.1 Å². The zero-order valence-corrected chi connectivity index (χ0v) is 40.6. The van der Waals surface area contributed by atoms with Crippen molar-refractivity contribution in [1.29, 1.82) is 0 Å². The number of aromatic nitrogens is 8. The first kappa shape index (κ1) is 52.4. The lowest BCUT2D eigenvalue weighted by Crippen LogP contribution is -2.58. The highest BCUT2D eigenvalue weighted by atomic mass is 16.5. The van der Waals surface area contributed by atoms with Gasteiger partial charge in [0.05, 0.1) is 49.5 Å². The summed E-state index contributed by atoms with van der Waals surface area (Å²) in [7, 11) is 3.32. The van der Waals surface area contributed by atoms with Crippen LogP contribution < -0.4 is 30.7 Å². The molecule has 2 aliphatic rings. The maximum atomic E-state index is 14.2. The molecular formula is C48H64N14O8. The normalized spacial score (nSPS) is 18.0. The van der Waals surface area contributed by atoms with Crippen molar-refractivity contribution in [3.8, 4) is 35.7 Å². The predicted molar refractivity (Wildman–Crippen MR) is 254 cm³/mol. The highest BCUT2D eigenvalue weighted by Gasteiger charge is 2.40. The van der Waals surface area contributed by atoms with Gasteiger partial charge < -0.3 is 50.0 Å². The van der Waals surface area contributed by atoms with Crippen LogP contribution in [0.15, 0.2) is 60.7 Å². The van der Waals surface area contributed by atoms with Crippen LogP contribution in [0.3, 0.4) is 0 Å². The van der Waals surface area contributed by atoms with Gasteiger partial charge in [-0.2, -0.15) is 9.36 Å². The summed E-state index contributed by atoms with van der Waals surface area (Å²) in [6.07, 6.45) is 1.39. The highest BCUT2D eigenvalue weighted by molar-refractivity contribution is 5.91. The van der Waals surface area contributed by atoms with E-state index in [2.05, 4.69) is 76.0 Å². The number of hydrogen-bond donors (Lipinski definition) is 4. The van der Waals surface area contributed by atoms with Crippen LogP contribution in [-0.2, 0) is 55.0 Å². The summed E-state index contributed by atoms with van der Waals surface area (Å²) in [6.45, 7) is 8.77. The number of likely N-dealkylation sites (tertiary alicyclic amines) is 2. The lowest BCUT2D eigenvalue weighted by atomic mass is 10.1. The first-order valence-electron chi connectivity index (χ1n) is 23.6. The maximum absolute atomic E-state index is 14.2. The van der Waals surface area contributed by atoms with Gasteiger partial charge in [-0.1, -0.05) is 82.7 Å². The van der Waals surface area contributed by atoms with Crippen molar-refractivity contribution < 1.29 is 38.1 Å². The lowest BCUT2D eigenvalue weighted by molar-refractivity contribution is -0.142. The number of ether oxygens (including phenoxy) is 4. The minimum Gasteiger partial charge on any atom is -0.458 e. The second-order valence-electron chi connectivity index (χ2n) is 17.1. The van der Waals surface area contributed by atoms with Gasteiger partial charge >= 0.3 is 12.0 Å². The molecule has 70 heavy (non-hydrogen) atoms. The third-order valence-corrected chi connectivity index (χ3v) is 12.3. The molecule has 22 heteroatoms. The Morgan fingerprint density at radius 3 is 1.41 bits per heavy atom. The molecule has 2 aromatic heterocycles. The molecule has 4 aromatic rings. The summed E-state index contributed by atoms with van der Waals surface area (Å²) in [5, 5.41) is 35.5. The number of amides is 4. The topological polar surface area (TPSA) is 247 Å². The van der Waals surface area contributed by atoms with E-state index < -0.39 is 36.4 Å². The van der Waals surface area contributed by atoms with Crippen molar-refractivity contribution in [1.82, 2.24) is 71.5 Å². The molecule has 4 amide bonds. The molecular weight excluding hydrogens is 901 g/mol. The highest BCUT2D eigenvalue weighted by Crippen LogP contribution is 2.24. The van der Waals surface area contributed by atoms with Gasteiger partial charge in [0.15, 0.2) is 0 Å². The second-order valence-corrected chi connectivity index (χ2v) is 17.1. The molecule has 2 saturated heterocycles. The number of benzene rings is 2. The van der Waals surface area contributed by atoms with Crippen LogP contribution in [0, 0.1) is 23.7 Å². The Kier molecular flexibility index (Phi) is 20.0. The number of carbonyl (C=O) groups excluding carboxylic acids is 4. The molecule has 0 aliphatic carbocycles. The average molecular weight is 965 g/mol. The second kappa shape index (κ2) is 26.7. The van der Waals surface area contributed by atoms with Crippen LogP contribution >= 0.6 is 0 Å². The Labute approximate surface area is 408 Å². The van der Waals surface area contributed by atoms with E-state index in [9.17, 15) is 19.2 Å². The summed E-state index contributed by atoms with van der Waals surface area (Å²) >= 11 is 0. The average Bonchev–Trinajstić information content (AvgIpc) is 4.23. The Bertz CT molecular complexity index is 2270. The van der Waals surface area contributed by atoms with Crippen molar-refractivity contribution in [2.75, 3.05) is 40.4 Å². The quantitative estimate of drug-likeness (QED) is 0.0699. The van der Waals surface area contributed by atoms with Crippen molar-refractivity contribution in [2.24, 2.45) is 0 Å². The van der Waals surface area contributed by atoms with Gasteiger partial charge in [-0.3, -0.25) is 19.2 Å². The van der Waals surface area contributed by atoms with Gasteiger partial charge in [-0.25, -0.2) is 0 Å². The molecule has 8 unspecified atom stereocenters. The minimum absolute atomic E-state index is 0.0843. The van der Waals surface area contributed by atoms with Gasteiger partial charge in [0.25, 0.3) is 0 Å². The van der Waals surface area contributed by atoms with Crippen molar-refractivity contribution in [3.63, 3.8) is 0 Å². The van der Waals surface area contributed by atoms with E-state index in [1.807, 2.05) is 60.7 Å². The van der Waals surface area contributed by atoms with E-state index in [4.69, 9.17) is 18.9 Å². The van der Waals surface area contributed by atoms with E-state index in [0.717, 1.165) is 24.0 Å². The zero-order valence-electron chi connectivity index (χ0n) is 40.6. The zero-order chi connectivity index (χ0) is 49.8. The standard InChI is InChI=1S/C48H64N14O8/c1-33(49-5)43(63)51-41(45(65)59-25-17-23-39(59)29-61-47(53-55-57-61)69-31-37-19-11-9-12-20-37)35(3)67-27-15-7-8-16-28-68-36(4)42(52-44(64)34(2)50-6)46(66)60-26-18-24-40(60)30-62-48(54-56-58-62)70-32-38-21-13-10-14-22-38/h9-14,19-22,33-36,39-42,49-50H,17-18,23-32H2,1-6H3,(H,51,63)(H,52,64). The van der Waals surface area contributed by atoms with E-state index in [1.165, 1.54) is 0 Å². The van der Waals surface area contributed by atoms with E-state index in [0.29, 0.717) is 39.0 Å². The van der Waals surface area contributed by atoms with Crippen LogP contribution in [0.4, 0.5) is 0 Å². The largest absolute Gasteiger partial charge is 0.458 e. The van der Waals surface area contributed by atoms with Crippen LogP contribution in [0.2, 0.25) is 0 Å². The fourth-order valence-corrected chi connectivity index (χ4v) is 7.94. The molecule has 0 bridgehead atoms. The number of hydrogen-bond acceptors (Lipinski definition) is 16. The lowest BCUT2D eigenvalue weighted by Gasteiger charge is -2.32. The van der Waals surface area contributed by atoms with Gasteiger partial charge in [-0.15, -0.1) is 0 Å². The van der Waals surface area contributed by atoms with Crippen LogP contribution in [-0.4, -0.2) is 163 Å². The summed E-state index contributed by atoms with van der Waals surface area (Å²) in [5.41, 5.74) is 1.92. The number of nitrogens with one attached hydrogen (secondary N) is 4. The number of likely N-dealkylation sites (N-methyl/N-ethyl adjacent to an activating group) is 2. The van der Waals surface area contributed by atoms with Crippen molar-refractivity contribution in [3.05, 3.63) is 71.8 Å². The molecule has 4 N–H and O–H groups in total. The molecule has 6 rings (SSSR count). The number of rotatable bonds is 24. The molecule has 0 saturated carbocycles. The molecule has 22 nitrogen and oxygen atoms in total. The minimum atomic E-state index is -1.02. The fraction of sp³-hybridized carbons (Fsp3) is 0.542. The molecule has 4 heterocycles.